The van der Waals surface area contributed by atoms with Crippen LogP contribution in [-0.2, 0) is 35.4 Å². The van der Waals surface area contributed by atoms with Gasteiger partial charge in [-0.1, -0.05) is 12.1 Å². The topological polar surface area (TPSA) is 71.3 Å². The zero-order chi connectivity index (χ0) is 21.3. The first kappa shape index (κ1) is 20.1. The summed E-state index contributed by atoms with van der Waals surface area (Å²) in [6.45, 7) is -0.178. The number of nitrogens with one attached hydrogen (secondary N) is 1. The first-order valence-corrected chi connectivity index (χ1v) is 9.96. The number of carbonyl (C=O) groups is 2. The average molecular weight is 412 g/mol. The lowest BCUT2D eigenvalue weighted by molar-refractivity contribution is -0.137. The molecule has 1 atom stereocenters. The lowest BCUT2D eigenvalue weighted by atomic mass is 9.91. The lowest BCUT2D eigenvalue weighted by Gasteiger charge is -2.25. The molecule has 1 heterocycles. The van der Waals surface area contributed by atoms with Crippen LogP contribution in [-0.4, -0.2) is 27.6 Å². The highest BCUT2D eigenvalue weighted by Crippen LogP contribution is 2.33. The van der Waals surface area contributed by atoms with Gasteiger partial charge in [-0.3, -0.25) is 9.59 Å². The van der Waals surface area contributed by atoms with E-state index in [0.717, 1.165) is 16.8 Å². The molecule has 0 unspecified atom stereocenters. The Morgan fingerprint density at radius 2 is 1.93 bits per heavy atom. The fourth-order valence-electron chi connectivity index (χ4n) is 4.31. The number of aryl methyl sites for hydroxylation is 1. The molecular formula is C23H22F2N2O3. The van der Waals surface area contributed by atoms with Crippen LogP contribution in [0.4, 0.5) is 8.78 Å². The summed E-state index contributed by atoms with van der Waals surface area (Å²) in [5, 5.41) is 13.0. The Balaban J connectivity index is 1.49. The van der Waals surface area contributed by atoms with E-state index in [2.05, 4.69) is 5.32 Å². The third kappa shape index (κ3) is 4.20. The quantitative estimate of drug-likeness (QED) is 0.650. The van der Waals surface area contributed by atoms with E-state index >= 15 is 0 Å². The van der Waals surface area contributed by atoms with Crippen LogP contribution >= 0.6 is 0 Å². The minimum atomic E-state index is -0.952. The van der Waals surface area contributed by atoms with E-state index in [4.69, 9.17) is 0 Å². The van der Waals surface area contributed by atoms with Crippen LogP contribution in [0, 0.1) is 11.6 Å². The molecule has 5 nitrogen and oxygen atoms in total. The molecule has 7 heteroatoms. The fourth-order valence-corrected chi connectivity index (χ4v) is 4.31. The van der Waals surface area contributed by atoms with Gasteiger partial charge in [0.25, 0.3) is 0 Å². The van der Waals surface area contributed by atoms with Crippen LogP contribution in [0.25, 0.3) is 10.9 Å². The Labute approximate surface area is 172 Å². The summed E-state index contributed by atoms with van der Waals surface area (Å²) in [6, 6.07) is 10.5. The van der Waals surface area contributed by atoms with E-state index in [-0.39, 0.29) is 36.5 Å². The number of halogens is 2. The summed E-state index contributed by atoms with van der Waals surface area (Å²) < 4.78 is 28.9. The van der Waals surface area contributed by atoms with Crippen LogP contribution in [0.1, 0.15) is 29.7 Å². The van der Waals surface area contributed by atoms with Gasteiger partial charge in [0.05, 0.1) is 0 Å². The molecule has 0 saturated carbocycles. The minimum Gasteiger partial charge on any atom is -0.480 e. The van der Waals surface area contributed by atoms with E-state index in [1.807, 2.05) is 0 Å². The molecule has 0 fully saturated rings. The normalized spacial score (nSPS) is 15.7. The molecule has 0 spiro atoms. The molecule has 0 bridgehead atoms. The second-order valence-corrected chi connectivity index (χ2v) is 7.70. The van der Waals surface area contributed by atoms with Gasteiger partial charge in [0.2, 0.25) is 5.91 Å². The maximum absolute atomic E-state index is 13.9. The molecule has 4 rings (SSSR count). The van der Waals surface area contributed by atoms with Crippen molar-refractivity contribution in [3.05, 3.63) is 70.9 Å². The summed E-state index contributed by atoms with van der Waals surface area (Å²) in [6.07, 6.45) is 2.51. The van der Waals surface area contributed by atoms with Crippen LogP contribution in [0.15, 0.2) is 42.5 Å². The first-order chi connectivity index (χ1) is 14.4. The van der Waals surface area contributed by atoms with E-state index in [1.165, 1.54) is 24.3 Å². The van der Waals surface area contributed by atoms with Crippen molar-refractivity contribution in [1.29, 1.82) is 0 Å². The van der Waals surface area contributed by atoms with Gasteiger partial charge in [0, 0.05) is 29.1 Å². The van der Waals surface area contributed by atoms with Crippen molar-refractivity contribution in [3.63, 3.8) is 0 Å². The number of carboxylic acid groups (broad SMARTS) is 1. The molecule has 30 heavy (non-hydrogen) atoms. The molecule has 2 N–H and O–H groups in total. The highest BCUT2D eigenvalue weighted by molar-refractivity contribution is 5.87. The Kier molecular flexibility index (Phi) is 5.53. The molecule has 3 aromatic rings. The molecule has 1 amide bonds. The predicted octanol–water partition coefficient (Wildman–Crippen LogP) is 3.61. The van der Waals surface area contributed by atoms with Crippen molar-refractivity contribution in [2.45, 2.75) is 44.7 Å². The van der Waals surface area contributed by atoms with Crippen LogP contribution in [0.2, 0.25) is 0 Å². The summed E-state index contributed by atoms with van der Waals surface area (Å²) in [4.78, 5) is 23.7. The maximum Gasteiger partial charge on any atom is 0.323 e. The molecule has 0 aliphatic heterocycles. The first-order valence-electron chi connectivity index (χ1n) is 9.96. The number of carbonyl (C=O) groups excluding carboxylic acids is 1. The Hall–Kier alpha value is -3.22. The number of benzene rings is 2. The average Bonchev–Trinajstić information content (AvgIpc) is 2.98. The third-order valence-electron chi connectivity index (χ3n) is 5.62. The summed E-state index contributed by atoms with van der Waals surface area (Å²) in [5.74, 6) is -1.77. The number of carboxylic acids is 1. The number of hydrogen-bond donors (Lipinski definition) is 2. The lowest BCUT2D eigenvalue weighted by Crippen LogP contribution is -2.39. The van der Waals surface area contributed by atoms with Gasteiger partial charge in [0.15, 0.2) is 0 Å². The smallest absolute Gasteiger partial charge is 0.323 e. The molecule has 156 valence electrons. The van der Waals surface area contributed by atoms with Crippen LogP contribution in [0.3, 0.4) is 0 Å². The number of amides is 1. The summed E-state index contributed by atoms with van der Waals surface area (Å²) in [5.41, 5.74) is 3.25. The van der Waals surface area contributed by atoms with Crippen molar-refractivity contribution < 1.29 is 23.5 Å². The standard InChI is InChI=1S/C23H22F2N2O3/c24-15-3-1-2-14(10-15)4-9-22(28)26-17-6-8-21-19(12-17)18-11-16(25)5-7-20(18)27(21)13-23(29)30/h1-3,5,7,10-11,17H,4,6,8-9,12-13H2,(H,26,28)(H,29,30)/t17-/m0/s1. The molecule has 0 radical (unpaired) electrons. The van der Waals surface area contributed by atoms with Gasteiger partial charge in [-0.15, -0.1) is 0 Å². The second-order valence-electron chi connectivity index (χ2n) is 7.70. The van der Waals surface area contributed by atoms with E-state index in [9.17, 15) is 23.5 Å². The van der Waals surface area contributed by atoms with Gasteiger partial charge < -0.3 is 15.0 Å². The van der Waals surface area contributed by atoms with Crippen molar-refractivity contribution in [3.8, 4) is 0 Å². The monoisotopic (exact) mass is 412 g/mol. The number of nitrogens with zero attached hydrogens (tertiary/aromatic N) is 1. The van der Waals surface area contributed by atoms with Crippen molar-refractivity contribution in [2.75, 3.05) is 0 Å². The molecule has 0 saturated heterocycles. The van der Waals surface area contributed by atoms with Gasteiger partial charge in [-0.25, -0.2) is 8.78 Å². The van der Waals surface area contributed by atoms with E-state index in [0.29, 0.717) is 36.6 Å². The zero-order valence-electron chi connectivity index (χ0n) is 16.3. The van der Waals surface area contributed by atoms with Gasteiger partial charge in [-0.2, -0.15) is 0 Å². The largest absolute Gasteiger partial charge is 0.480 e. The molecule has 1 aliphatic carbocycles. The maximum atomic E-state index is 13.9. The van der Waals surface area contributed by atoms with Gasteiger partial charge >= 0.3 is 5.97 Å². The van der Waals surface area contributed by atoms with E-state index < -0.39 is 5.97 Å². The van der Waals surface area contributed by atoms with Crippen LogP contribution < -0.4 is 5.32 Å². The Morgan fingerprint density at radius 3 is 2.70 bits per heavy atom. The molecule has 1 aromatic heterocycles. The van der Waals surface area contributed by atoms with Crippen LogP contribution in [0.5, 0.6) is 0 Å². The number of aliphatic carboxylic acids is 1. The molecule has 2 aromatic carbocycles. The summed E-state index contributed by atoms with van der Waals surface area (Å²) >= 11 is 0. The Morgan fingerprint density at radius 1 is 1.13 bits per heavy atom. The highest BCUT2D eigenvalue weighted by atomic mass is 19.1. The molecular weight excluding hydrogens is 390 g/mol. The number of rotatable bonds is 6. The molecule has 1 aliphatic rings. The SMILES string of the molecule is O=C(O)Cn1c2c(c3cc(F)ccc31)C[C@@H](NC(=O)CCc1cccc(F)c1)CC2. The van der Waals surface area contributed by atoms with Gasteiger partial charge in [-0.05, 0) is 67.1 Å². The zero-order valence-corrected chi connectivity index (χ0v) is 16.3. The second kappa shape index (κ2) is 8.26. The van der Waals surface area contributed by atoms with Crippen molar-refractivity contribution in [2.24, 2.45) is 0 Å². The number of aromatic nitrogens is 1. The van der Waals surface area contributed by atoms with Gasteiger partial charge in [0.1, 0.15) is 18.2 Å². The van der Waals surface area contributed by atoms with Crippen molar-refractivity contribution in [1.82, 2.24) is 9.88 Å². The van der Waals surface area contributed by atoms with E-state index in [1.54, 1.807) is 22.8 Å². The number of hydrogen-bond acceptors (Lipinski definition) is 2. The predicted molar refractivity (Wildman–Crippen MR) is 108 cm³/mol. The number of fused-ring (bicyclic) bond motifs is 3. The summed E-state index contributed by atoms with van der Waals surface area (Å²) in [7, 11) is 0. The highest BCUT2D eigenvalue weighted by Gasteiger charge is 2.27. The third-order valence-corrected chi connectivity index (χ3v) is 5.62. The van der Waals surface area contributed by atoms with Crippen molar-refractivity contribution >= 4 is 22.8 Å². The fraction of sp³-hybridized carbons (Fsp3) is 0.304. The minimum absolute atomic E-state index is 0.107. The Bertz CT molecular complexity index is 1120.